The monoisotopic (exact) mass is 828 g/mol. The molecule has 2 aromatic carbocycles. The van der Waals surface area contributed by atoms with Crippen molar-refractivity contribution in [2.75, 3.05) is 0 Å². The first-order valence-electron chi connectivity index (χ1n) is 17.2. The van der Waals surface area contributed by atoms with Crippen LogP contribution in [0.2, 0.25) is 9.41 Å². The van der Waals surface area contributed by atoms with Crippen LogP contribution in [0.3, 0.4) is 0 Å². The third kappa shape index (κ3) is 10.6. The summed E-state index contributed by atoms with van der Waals surface area (Å²) in [7, 11) is 0. The number of carboxylic acid groups (broad SMARTS) is 2. The number of rotatable bonds is 8. The molecule has 2 aliphatic carbocycles. The summed E-state index contributed by atoms with van der Waals surface area (Å²) in [6.07, 6.45) is 16.9. The minimum atomic E-state index is -1.82. The summed E-state index contributed by atoms with van der Waals surface area (Å²) in [6.45, 7) is 0. The van der Waals surface area contributed by atoms with E-state index in [-0.39, 0.29) is 31.5 Å². The Labute approximate surface area is 313 Å². The Morgan fingerprint density at radius 3 is 1.33 bits per heavy atom. The first kappa shape index (κ1) is 37.0. The van der Waals surface area contributed by atoms with Gasteiger partial charge in [-0.25, -0.2) is 9.59 Å². The number of carbonyl (C=O) groups is 2. The molecule has 2 aliphatic rings. The fourth-order valence-corrected chi connectivity index (χ4v) is 11.7. The molecule has 2 saturated carbocycles. The third-order valence-corrected chi connectivity index (χ3v) is 14.4. The standard InChI is InChI=1S/2C17H18AsN4O.C2H2O4/c2*1-3-7-12(8-4-1)18-15-14-16(20-11-19-14)22-17(21-15)23-13-9-5-2-6-10-13;3-1(4)2(5)6/h2*2,5-6,9-12H,1,3-4,7-8H2,(H,19,20,21,22);(H,3,4)(H,5,6). The number of carboxylic acids is 2. The molecule has 8 rings (SSSR count). The molecule has 4 heterocycles. The number of fused-ring (bicyclic) bond motifs is 2. The second kappa shape index (κ2) is 18.6. The number of nitrogens with zero attached hydrogens (tertiary/aromatic N) is 6. The quantitative estimate of drug-likeness (QED) is 0.109. The molecule has 14 nitrogen and oxygen atoms in total. The fraction of sp³-hybridized carbons (Fsp3) is 0.333. The number of imidazole rings is 2. The van der Waals surface area contributed by atoms with Gasteiger partial charge in [-0.2, -0.15) is 0 Å². The van der Waals surface area contributed by atoms with Gasteiger partial charge < -0.3 is 10.2 Å². The van der Waals surface area contributed by atoms with E-state index in [2.05, 4.69) is 29.9 Å². The molecule has 0 atom stereocenters. The first-order valence-corrected chi connectivity index (χ1v) is 21.2. The van der Waals surface area contributed by atoms with Gasteiger partial charge in [0.2, 0.25) is 0 Å². The van der Waals surface area contributed by atoms with Crippen molar-refractivity contribution in [2.24, 2.45) is 0 Å². The molecule has 4 aromatic heterocycles. The van der Waals surface area contributed by atoms with E-state index in [1.807, 2.05) is 60.7 Å². The van der Waals surface area contributed by atoms with Gasteiger partial charge in [-0.1, -0.05) is 0 Å². The molecule has 0 spiro atoms. The van der Waals surface area contributed by atoms with Crippen molar-refractivity contribution in [1.29, 1.82) is 0 Å². The van der Waals surface area contributed by atoms with E-state index in [4.69, 9.17) is 39.2 Å². The van der Waals surface area contributed by atoms with E-state index in [0.29, 0.717) is 23.3 Å². The van der Waals surface area contributed by atoms with E-state index in [9.17, 15) is 0 Å². The van der Waals surface area contributed by atoms with Gasteiger partial charge in [0.25, 0.3) is 0 Å². The van der Waals surface area contributed by atoms with Gasteiger partial charge in [-0.15, -0.1) is 0 Å². The summed E-state index contributed by atoms with van der Waals surface area (Å²) >= 11 is 0.00244. The van der Waals surface area contributed by atoms with Crippen molar-refractivity contribution in [3.63, 3.8) is 0 Å². The summed E-state index contributed by atoms with van der Waals surface area (Å²) in [6, 6.07) is 20.1. The number of hydrogen-bond donors (Lipinski definition) is 4. The number of nitrogens with one attached hydrogen (secondary N) is 2. The summed E-state index contributed by atoms with van der Waals surface area (Å²) < 4.78 is 15.5. The fourth-order valence-electron chi connectivity index (χ4n) is 5.83. The van der Waals surface area contributed by atoms with E-state index in [0.717, 1.165) is 40.9 Å². The van der Waals surface area contributed by atoms with Crippen molar-refractivity contribution in [3.8, 4) is 23.5 Å². The van der Waals surface area contributed by atoms with Crippen LogP contribution in [0.1, 0.15) is 64.2 Å². The van der Waals surface area contributed by atoms with Crippen LogP contribution in [0.5, 0.6) is 23.5 Å². The molecule has 4 N–H and O–H groups in total. The Morgan fingerprint density at radius 1 is 0.577 bits per heavy atom. The van der Waals surface area contributed by atoms with Gasteiger partial charge >= 0.3 is 295 Å². The second-order valence-corrected chi connectivity index (χ2v) is 18.1. The summed E-state index contributed by atoms with van der Waals surface area (Å²) in [5.41, 5.74) is 3.37. The zero-order valence-electron chi connectivity index (χ0n) is 28.3. The number of aromatic nitrogens is 8. The Kier molecular flexibility index (Phi) is 13.2. The number of aliphatic carboxylic acids is 2. The molecular formula is C36H38As2N8O6. The number of para-hydroxylation sites is 2. The van der Waals surface area contributed by atoms with E-state index < -0.39 is 11.9 Å². The van der Waals surface area contributed by atoms with Crippen LogP contribution in [0, 0.1) is 0 Å². The van der Waals surface area contributed by atoms with E-state index in [1.54, 1.807) is 12.7 Å². The average molecular weight is 829 g/mol. The minimum absolute atomic E-state index is 0.00122. The normalized spacial score (nSPS) is 15.3. The van der Waals surface area contributed by atoms with Crippen molar-refractivity contribution in [2.45, 2.75) is 73.6 Å². The van der Waals surface area contributed by atoms with Gasteiger partial charge in [-0.05, 0) is 0 Å². The van der Waals surface area contributed by atoms with Gasteiger partial charge in [0, 0.05) is 0 Å². The van der Waals surface area contributed by atoms with Gasteiger partial charge in [0.15, 0.2) is 0 Å². The maximum absolute atomic E-state index is 9.10. The predicted octanol–water partition coefficient (Wildman–Crippen LogP) is 5.61. The number of hydrogen-bond acceptors (Lipinski definition) is 10. The molecular weight excluding hydrogens is 790 g/mol. The molecule has 0 saturated heterocycles. The van der Waals surface area contributed by atoms with E-state index in [1.165, 1.54) is 64.2 Å². The molecule has 2 fully saturated rings. The van der Waals surface area contributed by atoms with Crippen LogP contribution in [0.4, 0.5) is 0 Å². The van der Waals surface area contributed by atoms with Crippen molar-refractivity contribution < 1.29 is 29.3 Å². The topological polar surface area (TPSA) is 202 Å². The average Bonchev–Trinajstić information content (AvgIpc) is 3.85. The van der Waals surface area contributed by atoms with Crippen molar-refractivity contribution >= 4 is 74.7 Å². The molecule has 0 unspecified atom stereocenters. The Bertz CT molecular complexity index is 1900. The summed E-state index contributed by atoms with van der Waals surface area (Å²) in [5.74, 6) is -2.14. The first-order chi connectivity index (χ1) is 25.4. The Morgan fingerprint density at radius 2 is 0.962 bits per heavy atom. The van der Waals surface area contributed by atoms with Crippen LogP contribution in [-0.4, -0.2) is 93.5 Å². The second-order valence-electron chi connectivity index (χ2n) is 12.1. The molecule has 2 radical (unpaired) electrons. The van der Waals surface area contributed by atoms with Crippen LogP contribution in [0.15, 0.2) is 73.3 Å². The van der Waals surface area contributed by atoms with Gasteiger partial charge in [-0.3, -0.25) is 0 Å². The molecule has 0 aliphatic heterocycles. The van der Waals surface area contributed by atoms with Crippen molar-refractivity contribution in [1.82, 2.24) is 39.9 Å². The van der Waals surface area contributed by atoms with Crippen LogP contribution in [-0.2, 0) is 9.59 Å². The SMILES string of the molecule is O=C(O)C(=O)O.c1ccc(Oc2nc([As]C3CCCCC3)c3[nH]cnc3n2)cc1.c1ccc(Oc2nc([As]C3CCCCC3)c3[nH]cnc3n2)cc1. The number of aromatic amines is 2. The van der Waals surface area contributed by atoms with Crippen LogP contribution >= 0.6 is 0 Å². The number of ether oxygens (including phenoxy) is 2. The molecule has 0 amide bonds. The number of benzene rings is 2. The third-order valence-electron chi connectivity index (χ3n) is 8.34. The Balaban J connectivity index is 0.000000155. The maximum atomic E-state index is 9.10. The molecule has 52 heavy (non-hydrogen) atoms. The van der Waals surface area contributed by atoms with Crippen molar-refractivity contribution in [3.05, 3.63) is 73.3 Å². The summed E-state index contributed by atoms with van der Waals surface area (Å²) in [4.78, 5) is 51.5. The van der Waals surface area contributed by atoms with Crippen LogP contribution in [0.25, 0.3) is 22.3 Å². The molecule has 16 heteroatoms. The zero-order chi connectivity index (χ0) is 36.1. The van der Waals surface area contributed by atoms with Gasteiger partial charge in [0.05, 0.1) is 0 Å². The molecule has 268 valence electrons. The Hall–Kier alpha value is -4.80. The zero-order valence-corrected chi connectivity index (χ0v) is 32.0. The molecule has 6 aromatic rings. The van der Waals surface area contributed by atoms with Gasteiger partial charge in [0.1, 0.15) is 0 Å². The predicted molar refractivity (Wildman–Crippen MR) is 196 cm³/mol. The van der Waals surface area contributed by atoms with E-state index >= 15 is 0 Å². The molecule has 0 bridgehead atoms. The van der Waals surface area contributed by atoms with Crippen LogP contribution < -0.4 is 18.4 Å². The summed E-state index contributed by atoms with van der Waals surface area (Å²) in [5, 5.41) is 14.8. The number of H-pyrrole nitrogens is 2.